The summed E-state index contributed by atoms with van der Waals surface area (Å²) >= 11 is 3.40. The summed E-state index contributed by atoms with van der Waals surface area (Å²) in [6.07, 6.45) is 0. The second kappa shape index (κ2) is 5.04. The molecule has 0 aliphatic rings. The van der Waals surface area contributed by atoms with Crippen LogP contribution in [-0.2, 0) is 4.84 Å². The number of carbonyl (C=O) groups excluding carboxylic acids is 1. The van der Waals surface area contributed by atoms with Crippen molar-refractivity contribution >= 4 is 32.7 Å². The van der Waals surface area contributed by atoms with E-state index in [1.54, 1.807) is 13.1 Å². The molecule has 0 fully saturated rings. The van der Waals surface area contributed by atoms with Gasteiger partial charge in [0, 0.05) is 22.6 Å². The highest BCUT2D eigenvalue weighted by molar-refractivity contribution is 9.10. The first-order chi connectivity index (χ1) is 8.52. The van der Waals surface area contributed by atoms with Crippen molar-refractivity contribution in [3.63, 3.8) is 0 Å². The molecule has 2 aromatic rings. The van der Waals surface area contributed by atoms with E-state index >= 15 is 0 Å². The van der Waals surface area contributed by atoms with Gasteiger partial charge in [0.05, 0.1) is 18.2 Å². The number of fused-ring (bicyclic) bond motifs is 1. The van der Waals surface area contributed by atoms with Crippen LogP contribution in [0.3, 0.4) is 0 Å². The molecule has 0 saturated carbocycles. The van der Waals surface area contributed by atoms with E-state index in [0.29, 0.717) is 5.56 Å². The van der Waals surface area contributed by atoms with Crippen LogP contribution in [0.4, 0.5) is 0 Å². The minimum Gasteiger partial charge on any atom is -0.274 e. The lowest BCUT2D eigenvalue weighted by molar-refractivity contribution is -0.0755. The predicted octanol–water partition coefficient (Wildman–Crippen LogP) is 2.94. The molecule has 2 rings (SSSR count). The van der Waals surface area contributed by atoms with E-state index in [4.69, 9.17) is 4.84 Å². The summed E-state index contributed by atoms with van der Waals surface area (Å²) in [5.41, 5.74) is 2.18. The SMILES string of the molecule is CON(C)C(=O)c1cc(C)nc2cc(Br)ccc12. The Kier molecular flexibility index (Phi) is 3.63. The maximum Gasteiger partial charge on any atom is 0.277 e. The number of aryl methyl sites for hydroxylation is 1. The standard InChI is InChI=1S/C13H13BrN2O2/c1-8-6-11(13(17)16(2)18-3)10-5-4-9(14)7-12(10)15-8/h4-7H,1-3H3. The van der Waals surface area contributed by atoms with Gasteiger partial charge >= 0.3 is 0 Å². The topological polar surface area (TPSA) is 42.4 Å². The van der Waals surface area contributed by atoms with Crippen molar-refractivity contribution in [2.24, 2.45) is 0 Å². The number of hydrogen-bond acceptors (Lipinski definition) is 3. The van der Waals surface area contributed by atoms with Crippen LogP contribution in [0.2, 0.25) is 0 Å². The number of pyridine rings is 1. The number of halogens is 1. The normalized spacial score (nSPS) is 10.7. The average molecular weight is 309 g/mol. The molecule has 1 aromatic carbocycles. The van der Waals surface area contributed by atoms with Crippen molar-refractivity contribution < 1.29 is 9.63 Å². The minimum atomic E-state index is -0.185. The van der Waals surface area contributed by atoms with Crippen LogP contribution in [0, 0.1) is 6.92 Å². The van der Waals surface area contributed by atoms with Crippen LogP contribution in [0.1, 0.15) is 16.1 Å². The fourth-order valence-electron chi connectivity index (χ4n) is 1.76. The van der Waals surface area contributed by atoms with E-state index in [1.165, 1.54) is 12.2 Å². The third-order valence-corrected chi connectivity index (χ3v) is 3.18. The van der Waals surface area contributed by atoms with Crippen LogP contribution in [0.25, 0.3) is 10.9 Å². The quantitative estimate of drug-likeness (QED) is 0.801. The zero-order chi connectivity index (χ0) is 13.3. The fraction of sp³-hybridized carbons (Fsp3) is 0.231. The van der Waals surface area contributed by atoms with E-state index in [0.717, 1.165) is 21.1 Å². The lowest BCUT2D eigenvalue weighted by Gasteiger charge is -2.15. The van der Waals surface area contributed by atoms with Gasteiger partial charge in [0.15, 0.2) is 0 Å². The van der Waals surface area contributed by atoms with Gasteiger partial charge in [0.2, 0.25) is 0 Å². The molecular formula is C13H13BrN2O2. The molecule has 5 heteroatoms. The lowest BCUT2D eigenvalue weighted by atomic mass is 10.1. The van der Waals surface area contributed by atoms with Crippen LogP contribution >= 0.6 is 15.9 Å². The van der Waals surface area contributed by atoms with Crippen molar-refractivity contribution in [1.82, 2.24) is 10.0 Å². The summed E-state index contributed by atoms with van der Waals surface area (Å²) in [5, 5.41) is 2.02. The molecule has 0 atom stereocenters. The highest BCUT2D eigenvalue weighted by atomic mass is 79.9. The first-order valence-electron chi connectivity index (χ1n) is 5.42. The van der Waals surface area contributed by atoms with Crippen molar-refractivity contribution in [3.8, 4) is 0 Å². The van der Waals surface area contributed by atoms with E-state index in [1.807, 2.05) is 25.1 Å². The largest absolute Gasteiger partial charge is 0.277 e. The summed E-state index contributed by atoms with van der Waals surface area (Å²) in [6, 6.07) is 7.44. The van der Waals surface area contributed by atoms with Crippen LogP contribution < -0.4 is 0 Å². The van der Waals surface area contributed by atoms with Gasteiger partial charge in [0.1, 0.15) is 0 Å². The monoisotopic (exact) mass is 308 g/mol. The van der Waals surface area contributed by atoms with Gasteiger partial charge in [-0.15, -0.1) is 0 Å². The molecule has 94 valence electrons. The summed E-state index contributed by atoms with van der Waals surface area (Å²) in [6.45, 7) is 1.87. The molecule has 1 aromatic heterocycles. The predicted molar refractivity (Wildman–Crippen MR) is 73.3 cm³/mol. The number of hydroxylamine groups is 2. The Bertz CT molecular complexity index is 608. The second-order valence-electron chi connectivity index (χ2n) is 3.96. The average Bonchev–Trinajstić information content (AvgIpc) is 2.35. The highest BCUT2D eigenvalue weighted by Gasteiger charge is 2.16. The summed E-state index contributed by atoms with van der Waals surface area (Å²) < 4.78 is 0.937. The fourth-order valence-corrected chi connectivity index (χ4v) is 2.11. The smallest absolute Gasteiger partial charge is 0.274 e. The summed E-state index contributed by atoms with van der Waals surface area (Å²) in [7, 11) is 3.05. The number of hydrogen-bond donors (Lipinski definition) is 0. The van der Waals surface area contributed by atoms with E-state index in [-0.39, 0.29) is 5.91 Å². The van der Waals surface area contributed by atoms with E-state index < -0.39 is 0 Å². The Morgan fingerprint density at radius 3 is 2.78 bits per heavy atom. The molecule has 0 bridgehead atoms. The first-order valence-corrected chi connectivity index (χ1v) is 6.21. The molecule has 0 radical (unpaired) electrons. The third kappa shape index (κ3) is 2.37. The van der Waals surface area contributed by atoms with E-state index in [9.17, 15) is 4.79 Å². The molecule has 18 heavy (non-hydrogen) atoms. The maximum atomic E-state index is 12.2. The molecule has 0 saturated heterocycles. The summed E-state index contributed by atoms with van der Waals surface area (Å²) in [4.78, 5) is 21.5. The Morgan fingerprint density at radius 2 is 2.11 bits per heavy atom. The van der Waals surface area contributed by atoms with Crippen molar-refractivity contribution in [2.75, 3.05) is 14.2 Å². The van der Waals surface area contributed by atoms with Gasteiger partial charge in [-0.05, 0) is 25.1 Å². The number of rotatable bonds is 2. The van der Waals surface area contributed by atoms with Crippen LogP contribution in [0.15, 0.2) is 28.7 Å². The Hall–Kier alpha value is -1.46. The highest BCUT2D eigenvalue weighted by Crippen LogP contribution is 2.23. The third-order valence-electron chi connectivity index (χ3n) is 2.69. The number of benzene rings is 1. The van der Waals surface area contributed by atoms with Gasteiger partial charge in [-0.3, -0.25) is 14.6 Å². The van der Waals surface area contributed by atoms with Crippen molar-refractivity contribution in [1.29, 1.82) is 0 Å². The van der Waals surface area contributed by atoms with Gasteiger partial charge in [0.25, 0.3) is 5.91 Å². The van der Waals surface area contributed by atoms with Gasteiger partial charge in [-0.25, -0.2) is 5.06 Å². The second-order valence-corrected chi connectivity index (χ2v) is 4.87. The molecular weight excluding hydrogens is 296 g/mol. The van der Waals surface area contributed by atoms with Crippen LogP contribution in [-0.4, -0.2) is 30.1 Å². The molecule has 0 spiro atoms. The van der Waals surface area contributed by atoms with Gasteiger partial charge < -0.3 is 0 Å². The Labute approximate surface area is 114 Å². The maximum absolute atomic E-state index is 12.2. The number of nitrogens with zero attached hydrogens (tertiary/aromatic N) is 2. The zero-order valence-corrected chi connectivity index (χ0v) is 12.0. The van der Waals surface area contributed by atoms with Gasteiger partial charge in [-0.1, -0.05) is 22.0 Å². The molecule has 0 aliphatic carbocycles. The number of aromatic nitrogens is 1. The Morgan fingerprint density at radius 1 is 1.39 bits per heavy atom. The molecule has 1 heterocycles. The van der Waals surface area contributed by atoms with E-state index in [2.05, 4.69) is 20.9 Å². The molecule has 0 N–H and O–H groups in total. The molecule has 1 amide bonds. The zero-order valence-electron chi connectivity index (χ0n) is 10.4. The minimum absolute atomic E-state index is 0.185. The molecule has 0 unspecified atom stereocenters. The summed E-state index contributed by atoms with van der Waals surface area (Å²) in [5.74, 6) is -0.185. The van der Waals surface area contributed by atoms with Crippen molar-refractivity contribution in [2.45, 2.75) is 6.92 Å². The van der Waals surface area contributed by atoms with Crippen molar-refractivity contribution in [3.05, 3.63) is 40.0 Å². The lowest BCUT2D eigenvalue weighted by Crippen LogP contribution is -2.25. The number of amides is 1. The Balaban J connectivity index is 2.66. The van der Waals surface area contributed by atoms with Gasteiger partial charge in [-0.2, -0.15) is 0 Å². The first kappa shape index (κ1) is 13.0. The van der Waals surface area contributed by atoms with Crippen LogP contribution in [0.5, 0.6) is 0 Å². The molecule has 4 nitrogen and oxygen atoms in total. The number of carbonyl (C=O) groups is 1. The molecule has 0 aliphatic heterocycles.